The normalized spacial score (nSPS) is 14.0. The van der Waals surface area contributed by atoms with Crippen molar-refractivity contribution in [2.45, 2.75) is 13.8 Å². The van der Waals surface area contributed by atoms with Crippen LogP contribution in [0.25, 0.3) is 0 Å². The van der Waals surface area contributed by atoms with Crippen molar-refractivity contribution in [3.63, 3.8) is 0 Å². The van der Waals surface area contributed by atoms with Crippen LogP contribution in [0.1, 0.15) is 11.1 Å². The Morgan fingerprint density at radius 2 is 1.83 bits per heavy atom. The summed E-state index contributed by atoms with van der Waals surface area (Å²) in [5.41, 5.74) is 4.19. The second-order valence-electron chi connectivity index (χ2n) is 6.98. The molecule has 0 aliphatic carbocycles. The number of amides is 1. The Morgan fingerprint density at radius 3 is 2.50 bits per heavy atom. The molecule has 30 heavy (non-hydrogen) atoms. The molecule has 0 radical (unpaired) electrons. The van der Waals surface area contributed by atoms with Crippen LogP contribution in [0.2, 0.25) is 0 Å². The quantitative estimate of drug-likeness (QED) is 0.540. The minimum Gasteiger partial charge on any atom is -0.466 e. The summed E-state index contributed by atoms with van der Waals surface area (Å²) in [4.78, 5) is 26.3. The number of β-amino-alcohol motifs (C(OH)–C–C–N with tert-alkyl or cyclic N) is 1. The molecular weight excluding hydrogens is 384 g/mol. The number of carbonyl (C=O) groups excluding carboxylic acids is 2. The summed E-state index contributed by atoms with van der Waals surface area (Å²) in [6, 6.07) is 13.1. The predicted octanol–water partition coefficient (Wildman–Crippen LogP) is 3.39. The number of hydrogen-bond donors (Lipinski definition) is 2. The van der Waals surface area contributed by atoms with E-state index in [-0.39, 0.29) is 36.9 Å². The number of carbonyl (C=O) groups is 2. The molecule has 156 valence electrons. The van der Waals surface area contributed by atoms with Crippen molar-refractivity contribution in [2.75, 3.05) is 32.1 Å². The van der Waals surface area contributed by atoms with Gasteiger partial charge in [-0.15, -0.1) is 5.11 Å². The highest BCUT2D eigenvalue weighted by Crippen LogP contribution is 2.31. The zero-order chi connectivity index (χ0) is 21.7. The number of ether oxygens (including phenoxy) is 1. The number of hydrogen-bond acceptors (Lipinski definition) is 7. The topological polar surface area (TPSA) is 104 Å². The van der Waals surface area contributed by atoms with Gasteiger partial charge < -0.3 is 20.1 Å². The number of aryl methyl sites for hydroxylation is 2. The summed E-state index contributed by atoms with van der Waals surface area (Å²) in [5, 5.41) is 20.8. The highest BCUT2D eigenvalue weighted by molar-refractivity contribution is 6.08. The molecule has 1 aliphatic heterocycles. The molecule has 0 spiro atoms. The molecule has 1 heterocycles. The first-order valence-corrected chi connectivity index (χ1v) is 9.50. The van der Waals surface area contributed by atoms with Gasteiger partial charge in [-0.25, -0.2) is 4.79 Å². The Balaban J connectivity index is 1.94. The SMILES string of the molecule is COC(=O)C1=C(Nc2ccc(C)cc2N=Nc2ccc(C)cc2)C(=O)N(CCO)C1. The smallest absolute Gasteiger partial charge is 0.337 e. The summed E-state index contributed by atoms with van der Waals surface area (Å²) < 4.78 is 4.82. The third-order valence-electron chi connectivity index (χ3n) is 4.67. The van der Waals surface area contributed by atoms with Gasteiger partial charge in [0.1, 0.15) is 11.4 Å². The molecule has 0 atom stereocenters. The summed E-state index contributed by atoms with van der Waals surface area (Å²) in [6.45, 7) is 3.92. The number of methoxy groups -OCH3 is 1. The third-order valence-corrected chi connectivity index (χ3v) is 4.67. The predicted molar refractivity (Wildman–Crippen MR) is 113 cm³/mol. The van der Waals surface area contributed by atoms with Gasteiger partial charge in [-0.3, -0.25) is 4.79 Å². The van der Waals surface area contributed by atoms with E-state index < -0.39 is 5.97 Å². The standard InChI is InChI=1S/C22H24N4O4/c1-14-4-7-16(8-5-14)24-25-19-12-15(2)6-9-18(19)23-20-17(22(29)30-3)13-26(10-11-27)21(20)28/h4-9,12,23,27H,10-11,13H2,1-3H3. The minimum absolute atomic E-state index is 0.0699. The Morgan fingerprint density at radius 1 is 1.13 bits per heavy atom. The van der Waals surface area contributed by atoms with Crippen molar-refractivity contribution in [1.82, 2.24) is 4.90 Å². The first-order chi connectivity index (χ1) is 14.4. The number of rotatable bonds is 7. The van der Waals surface area contributed by atoms with E-state index >= 15 is 0 Å². The van der Waals surface area contributed by atoms with Crippen LogP contribution < -0.4 is 5.32 Å². The fourth-order valence-corrected chi connectivity index (χ4v) is 3.04. The molecule has 0 saturated heterocycles. The molecule has 0 unspecified atom stereocenters. The van der Waals surface area contributed by atoms with Crippen LogP contribution in [0, 0.1) is 13.8 Å². The highest BCUT2D eigenvalue weighted by atomic mass is 16.5. The number of nitrogens with zero attached hydrogens (tertiary/aromatic N) is 3. The molecule has 0 bridgehead atoms. The summed E-state index contributed by atoms with van der Waals surface area (Å²) in [6.07, 6.45) is 0. The second kappa shape index (κ2) is 9.32. The van der Waals surface area contributed by atoms with E-state index in [0.29, 0.717) is 17.1 Å². The van der Waals surface area contributed by atoms with E-state index in [1.54, 1.807) is 6.07 Å². The molecule has 0 saturated carbocycles. The molecule has 8 nitrogen and oxygen atoms in total. The lowest BCUT2D eigenvalue weighted by Crippen LogP contribution is -2.31. The van der Waals surface area contributed by atoms with Gasteiger partial charge in [-0.1, -0.05) is 23.8 Å². The fraction of sp³-hybridized carbons (Fsp3) is 0.273. The Hall–Kier alpha value is -3.52. The fourth-order valence-electron chi connectivity index (χ4n) is 3.04. The van der Waals surface area contributed by atoms with E-state index in [2.05, 4.69) is 15.5 Å². The minimum atomic E-state index is -0.596. The lowest BCUT2D eigenvalue weighted by molar-refractivity contribution is -0.136. The van der Waals surface area contributed by atoms with Gasteiger partial charge in [-0.05, 0) is 43.7 Å². The number of benzene rings is 2. The maximum Gasteiger partial charge on any atom is 0.337 e. The Bertz CT molecular complexity index is 1010. The largest absolute Gasteiger partial charge is 0.466 e. The van der Waals surface area contributed by atoms with E-state index in [1.165, 1.54) is 12.0 Å². The van der Waals surface area contributed by atoms with E-state index in [1.807, 2.05) is 50.2 Å². The van der Waals surface area contributed by atoms with Crippen molar-refractivity contribution in [1.29, 1.82) is 0 Å². The van der Waals surface area contributed by atoms with Crippen LogP contribution in [-0.2, 0) is 14.3 Å². The van der Waals surface area contributed by atoms with Crippen molar-refractivity contribution in [3.05, 3.63) is 64.9 Å². The number of aliphatic hydroxyl groups is 1. The lowest BCUT2D eigenvalue weighted by Gasteiger charge is -2.15. The van der Waals surface area contributed by atoms with Gasteiger partial charge >= 0.3 is 5.97 Å². The molecule has 1 amide bonds. The van der Waals surface area contributed by atoms with Crippen molar-refractivity contribution >= 4 is 28.9 Å². The first-order valence-electron chi connectivity index (χ1n) is 9.50. The number of nitrogens with one attached hydrogen (secondary N) is 1. The third kappa shape index (κ3) is 4.72. The van der Waals surface area contributed by atoms with Gasteiger partial charge in [0, 0.05) is 6.54 Å². The molecule has 0 fully saturated rings. The molecule has 8 heteroatoms. The average molecular weight is 408 g/mol. The monoisotopic (exact) mass is 408 g/mol. The van der Waals surface area contributed by atoms with E-state index in [4.69, 9.17) is 4.74 Å². The van der Waals surface area contributed by atoms with Crippen LogP contribution in [-0.4, -0.2) is 48.7 Å². The van der Waals surface area contributed by atoms with E-state index in [9.17, 15) is 14.7 Å². The van der Waals surface area contributed by atoms with Gasteiger partial charge in [0.25, 0.3) is 5.91 Å². The zero-order valence-corrected chi connectivity index (χ0v) is 17.2. The summed E-state index contributed by atoms with van der Waals surface area (Å²) in [7, 11) is 1.26. The van der Waals surface area contributed by atoms with Crippen LogP contribution >= 0.6 is 0 Å². The molecule has 3 rings (SSSR count). The number of esters is 1. The van der Waals surface area contributed by atoms with Crippen LogP contribution in [0.5, 0.6) is 0 Å². The summed E-state index contributed by atoms with van der Waals surface area (Å²) >= 11 is 0. The number of aliphatic hydroxyl groups excluding tert-OH is 1. The summed E-state index contributed by atoms with van der Waals surface area (Å²) in [5.74, 6) is -0.979. The lowest BCUT2D eigenvalue weighted by atomic mass is 10.1. The number of azo groups is 1. The van der Waals surface area contributed by atoms with Crippen molar-refractivity contribution < 1.29 is 19.4 Å². The second-order valence-corrected chi connectivity index (χ2v) is 6.98. The Labute approximate surface area is 174 Å². The van der Waals surface area contributed by atoms with Gasteiger partial charge in [-0.2, -0.15) is 5.11 Å². The van der Waals surface area contributed by atoms with Crippen molar-refractivity contribution in [3.8, 4) is 0 Å². The molecule has 0 aromatic heterocycles. The zero-order valence-electron chi connectivity index (χ0n) is 17.2. The van der Waals surface area contributed by atoms with Gasteiger partial charge in [0.2, 0.25) is 0 Å². The average Bonchev–Trinajstić information content (AvgIpc) is 3.04. The first kappa shape index (κ1) is 21.2. The highest BCUT2D eigenvalue weighted by Gasteiger charge is 2.34. The molecular formula is C22H24N4O4. The van der Waals surface area contributed by atoms with Crippen molar-refractivity contribution in [2.24, 2.45) is 10.2 Å². The van der Waals surface area contributed by atoms with Gasteiger partial charge in [0.05, 0.1) is 37.2 Å². The number of anilines is 1. The Kier molecular flexibility index (Phi) is 6.58. The van der Waals surface area contributed by atoms with Gasteiger partial charge in [0.15, 0.2) is 0 Å². The molecule has 2 aromatic carbocycles. The van der Waals surface area contributed by atoms with Crippen LogP contribution in [0.15, 0.2) is 64.0 Å². The maximum absolute atomic E-state index is 12.8. The maximum atomic E-state index is 12.8. The molecule has 1 aliphatic rings. The molecule has 2 N–H and O–H groups in total. The van der Waals surface area contributed by atoms with Crippen LogP contribution in [0.3, 0.4) is 0 Å². The van der Waals surface area contributed by atoms with Crippen LogP contribution in [0.4, 0.5) is 17.1 Å². The van der Waals surface area contributed by atoms with E-state index in [0.717, 1.165) is 11.1 Å². The molecule has 2 aromatic rings.